The Balaban J connectivity index is 1.29. The fraction of sp³-hybridized carbons (Fsp3) is 0.300. The van der Waals surface area contributed by atoms with Crippen molar-refractivity contribution in [1.29, 1.82) is 0 Å². The summed E-state index contributed by atoms with van der Waals surface area (Å²) < 4.78 is 1.17. The quantitative estimate of drug-likeness (QED) is 0.560. The Hall–Kier alpha value is -1.54. The maximum atomic E-state index is 12.6. The van der Waals surface area contributed by atoms with Gasteiger partial charge < -0.3 is 4.90 Å². The summed E-state index contributed by atoms with van der Waals surface area (Å²) in [5.41, 5.74) is 1.98. The minimum absolute atomic E-state index is 0.179. The van der Waals surface area contributed by atoms with Crippen molar-refractivity contribution in [1.82, 2.24) is 14.8 Å². The molecule has 0 N–H and O–H groups in total. The summed E-state index contributed by atoms with van der Waals surface area (Å²) >= 11 is 6.90. The second-order valence-corrected chi connectivity index (χ2v) is 9.96. The van der Waals surface area contributed by atoms with Gasteiger partial charge in [-0.05, 0) is 28.1 Å². The van der Waals surface area contributed by atoms with Gasteiger partial charge in [0.15, 0.2) is 0 Å². The molecule has 0 radical (unpaired) electrons. The number of carbonyl (C=O) groups excluding carboxylic acids is 1. The Morgan fingerprint density at radius 2 is 1.85 bits per heavy atom. The summed E-state index contributed by atoms with van der Waals surface area (Å²) in [6.45, 7) is 4.40. The highest BCUT2D eigenvalue weighted by molar-refractivity contribution is 9.11. The van der Waals surface area contributed by atoms with Crippen molar-refractivity contribution in [2.45, 2.75) is 13.0 Å². The zero-order valence-corrected chi connectivity index (χ0v) is 18.0. The number of amides is 1. The molecule has 27 heavy (non-hydrogen) atoms. The third-order valence-electron chi connectivity index (χ3n) is 4.64. The second-order valence-electron chi connectivity index (χ2n) is 6.55. The van der Waals surface area contributed by atoms with Crippen molar-refractivity contribution in [2.75, 3.05) is 26.2 Å². The first-order valence-corrected chi connectivity index (χ1v) is 11.4. The third kappa shape index (κ3) is 4.85. The third-order valence-corrected chi connectivity index (χ3v) is 7.19. The average Bonchev–Trinajstić information content (AvgIpc) is 3.32. The van der Waals surface area contributed by atoms with Crippen LogP contribution < -0.4 is 0 Å². The molecule has 3 aromatic rings. The number of carbonyl (C=O) groups is 1. The van der Waals surface area contributed by atoms with Crippen LogP contribution >= 0.6 is 38.6 Å². The van der Waals surface area contributed by atoms with Crippen molar-refractivity contribution >= 4 is 44.5 Å². The molecule has 1 aromatic carbocycles. The van der Waals surface area contributed by atoms with E-state index in [2.05, 4.69) is 50.1 Å². The number of hydrogen-bond donors (Lipinski definition) is 0. The fourth-order valence-corrected chi connectivity index (χ4v) is 5.53. The smallest absolute Gasteiger partial charge is 0.228 e. The average molecular weight is 462 g/mol. The van der Waals surface area contributed by atoms with Crippen LogP contribution in [0.25, 0.3) is 10.6 Å². The Bertz CT molecular complexity index is 901. The number of nitrogens with zero attached hydrogens (tertiary/aromatic N) is 3. The van der Waals surface area contributed by atoms with Gasteiger partial charge >= 0.3 is 0 Å². The van der Waals surface area contributed by atoms with E-state index in [0.29, 0.717) is 6.42 Å². The largest absolute Gasteiger partial charge is 0.340 e. The minimum Gasteiger partial charge on any atom is -0.340 e. The summed E-state index contributed by atoms with van der Waals surface area (Å²) in [6.07, 6.45) is 0.390. The topological polar surface area (TPSA) is 36.4 Å². The van der Waals surface area contributed by atoms with Crippen LogP contribution in [0.1, 0.15) is 10.6 Å². The number of thiophene rings is 1. The molecule has 4 nitrogen and oxygen atoms in total. The number of halogens is 1. The summed E-state index contributed by atoms with van der Waals surface area (Å²) in [5, 5.41) is 2.98. The van der Waals surface area contributed by atoms with Crippen molar-refractivity contribution in [3.63, 3.8) is 0 Å². The van der Waals surface area contributed by atoms with E-state index in [1.165, 1.54) is 8.66 Å². The van der Waals surface area contributed by atoms with E-state index in [4.69, 9.17) is 0 Å². The van der Waals surface area contributed by atoms with Crippen molar-refractivity contribution < 1.29 is 4.79 Å². The Morgan fingerprint density at radius 1 is 1.07 bits per heavy atom. The molecule has 1 aliphatic rings. The zero-order chi connectivity index (χ0) is 18.6. The van der Waals surface area contributed by atoms with Crippen LogP contribution in [-0.4, -0.2) is 46.9 Å². The second kappa shape index (κ2) is 8.65. The zero-order valence-electron chi connectivity index (χ0n) is 14.8. The molecule has 0 saturated carbocycles. The van der Waals surface area contributed by atoms with E-state index in [0.717, 1.165) is 49.0 Å². The van der Waals surface area contributed by atoms with Gasteiger partial charge in [-0.1, -0.05) is 30.3 Å². The Kier molecular flexibility index (Phi) is 6.02. The van der Waals surface area contributed by atoms with Crippen LogP contribution in [0.5, 0.6) is 0 Å². The lowest BCUT2D eigenvalue weighted by Gasteiger charge is -2.34. The molecule has 0 unspecified atom stereocenters. The predicted octanol–water partition coefficient (Wildman–Crippen LogP) is 4.52. The molecular weight excluding hydrogens is 442 g/mol. The summed E-state index contributed by atoms with van der Waals surface area (Å²) in [6, 6.07) is 14.4. The van der Waals surface area contributed by atoms with Gasteiger partial charge in [-0.15, -0.1) is 22.7 Å². The van der Waals surface area contributed by atoms with Gasteiger partial charge in [0.2, 0.25) is 5.91 Å². The van der Waals surface area contributed by atoms with Crippen LogP contribution in [-0.2, 0) is 17.8 Å². The van der Waals surface area contributed by atoms with Gasteiger partial charge in [0.25, 0.3) is 0 Å². The maximum Gasteiger partial charge on any atom is 0.228 e. The first-order valence-electron chi connectivity index (χ1n) is 8.91. The molecule has 140 valence electrons. The highest BCUT2D eigenvalue weighted by Crippen LogP contribution is 2.25. The van der Waals surface area contributed by atoms with E-state index in [9.17, 15) is 4.79 Å². The molecular formula is C20H20BrN3OS2. The standard InChI is InChI=1S/C20H20BrN3OS2/c21-18-7-6-17(27-18)13-23-8-10-24(11-9-23)19(25)12-16-14-26-20(22-16)15-4-2-1-3-5-15/h1-7,14H,8-13H2. The highest BCUT2D eigenvalue weighted by atomic mass is 79.9. The molecule has 7 heteroatoms. The van der Waals surface area contributed by atoms with Crippen molar-refractivity contribution in [2.24, 2.45) is 0 Å². The van der Waals surface area contributed by atoms with Crippen LogP contribution in [0.15, 0.2) is 51.6 Å². The minimum atomic E-state index is 0.179. The van der Waals surface area contributed by atoms with Gasteiger partial charge in [0, 0.05) is 48.5 Å². The van der Waals surface area contributed by atoms with Gasteiger partial charge in [0.1, 0.15) is 5.01 Å². The Morgan fingerprint density at radius 3 is 2.56 bits per heavy atom. The lowest BCUT2D eigenvalue weighted by Crippen LogP contribution is -2.48. The molecule has 1 aliphatic heterocycles. The highest BCUT2D eigenvalue weighted by Gasteiger charge is 2.22. The SMILES string of the molecule is O=C(Cc1csc(-c2ccccc2)n1)N1CCN(Cc2ccc(Br)s2)CC1. The number of aromatic nitrogens is 1. The van der Waals surface area contributed by atoms with Crippen LogP contribution in [0, 0.1) is 0 Å². The molecule has 3 heterocycles. The molecule has 0 spiro atoms. The lowest BCUT2D eigenvalue weighted by molar-refractivity contribution is -0.132. The van der Waals surface area contributed by atoms with Gasteiger partial charge in [-0.3, -0.25) is 9.69 Å². The Labute approximate surface area is 175 Å². The number of piperazine rings is 1. The van der Waals surface area contributed by atoms with Crippen LogP contribution in [0.4, 0.5) is 0 Å². The summed E-state index contributed by atoms with van der Waals surface area (Å²) in [4.78, 5) is 23.0. The van der Waals surface area contributed by atoms with Gasteiger partial charge in [-0.2, -0.15) is 0 Å². The number of thiazole rings is 1. The summed E-state index contributed by atoms with van der Waals surface area (Å²) in [7, 11) is 0. The molecule has 0 atom stereocenters. The van der Waals surface area contributed by atoms with E-state index in [1.54, 1.807) is 22.7 Å². The number of hydrogen-bond acceptors (Lipinski definition) is 5. The molecule has 4 rings (SSSR count). The number of benzene rings is 1. The molecule has 0 aliphatic carbocycles. The van der Waals surface area contributed by atoms with E-state index in [1.807, 2.05) is 28.5 Å². The first kappa shape index (κ1) is 18.8. The van der Waals surface area contributed by atoms with Gasteiger partial charge in [0.05, 0.1) is 15.9 Å². The lowest BCUT2D eigenvalue weighted by atomic mass is 10.2. The first-order chi connectivity index (χ1) is 13.2. The molecule has 1 amide bonds. The maximum absolute atomic E-state index is 12.6. The normalized spacial score (nSPS) is 15.2. The summed E-state index contributed by atoms with van der Waals surface area (Å²) in [5.74, 6) is 0.179. The number of rotatable bonds is 5. The predicted molar refractivity (Wildman–Crippen MR) is 115 cm³/mol. The van der Waals surface area contributed by atoms with E-state index in [-0.39, 0.29) is 5.91 Å². The van der Waals surface area contributed by atoms with E-state index >= 15 is 0 Å². The fourth-order valence-electron chi connectivity index (χ4n) is 3.18. The van der Waals surface area contributed by atoms with Gasteiger partial charge in [-0.25, -0.2) is 4.98 Å². The monoisotopic (exact) mass is 461 g/mol. The molecule has 1 fully saturated rings. The molecule has 1 saturated heterocycles. The van der Waals surface area contributed by atoms with Crippen LogP contribution in [0.2, 0.25) is 0 Å². The van der Waals surface area contributed by atoms with E-state index < -0.39 is 0 Å². The molecule has 0 bridgehead atoms. The van der Waals surface area contributed by atoms with Crippen molar-refractivity contribution in [3.05, 3.63) is 62.2 Å². The molecule has 2 aromatic heterocycles. The van der Waals surface area contributed by atoms with Crippen LogP contribution in [0.3, 0.4) is 0 Å². The van der Waals surface area contributed by atoms with Crippen molar-refractivity contribution in [3.8, 4) is 10.6 Å².